The fraction of sp³-hybridized carbons (Fsp3) is 0.391. The van der Waals surface area contributed by atoms with Crippen molar-refractivity contribution >= 4 is 38.8 Å². The van der Waals surface area contributed by atoms with Crippen LogP contribution in [0.2, 0.25) is 0 Å². The van der Waals surface area contributed by atoms with Gasteiger partial charge >= 0.3 is 5.63 Å². The minimum atomic E-state index is -0.406. The third kappa shape index (κ3) is 3.79. The van der Waals surface area contributed by atoms with E-state index >= 15 is 0 Å². The lowest BCUT2D eigenvalue weighted by Crippen LogP contribution is -2.30. The molecule has 8 heteroatoms. The lowest BCUT2D eigenvalue weighted by atomic mass is 10.0. The molecule has 0 atom stereocenters. The van der Waals surface area contributed by atoms with Gasteiger partial charge in [-0.3, -0.25) is 4.79 Å². The van der Waals surface area contributed by atoms with Crippen molar-refractivity contribution in [2.24, 2.45) is 0 Å². The number of aryl methyl sites for hydroxylation is 2. The van der Waals surface area contributed by atoms with Crippen molar-refractivity contribution in [2.45, 2.75) is 34.1 Å². The normalized spacial score (nSPS) is 11.8. The van der Waals surface area contributed by atoms with E-state index in [9.17, 15) is 9.59 Å². The van der Waals surface area contributed by atoms with Gasteiger partial charge in [-0.2, -0.15) is 5.10 Å². The van der Waals surface area contributed by atoms with E-state index in [2.05, 4.69) is 34.3 Å². The highest BCUT2D eigenvalue weighted by atomic mass is 16.4. The molecule has 0 unspecified atom stereocenters. The topological polar surface area (TPSA) is 101 Å². The van der Waals surface area contributed by atoms with E-state index in [4.69, 9.17) is 8.83 Å². The van der Waals surface area contributed by atoms with Gasteiger partial charge in [-0.15, -0.1) is 5.10 Å². The first-order chi connectivity index (χ1) is 14.9. The highest BCUT2D eigenvalue weighted by Crippen LogP contribution is 2.36. The zero-order valence-corrected chi connectivity index (χ0v) is 18.2. The van der Waals surface area contributed by atoms with Crippen molar-refractivity contribution in [3.05, 3.63) is 45.6 Å². The van der Waals surface area contributed by atoms with Gasteiger partial charge in [-0.1, -0.05) is 13.8 Å². The van der Waals surface area contributed by atoms with E-state index in [0.717, 1.165) is 42.4 Å². The molecule has 31 heavy (non-hydrogen) atoms. The Morgan fingerprint density at radius 1 is 1.10 bits per heavy atom. The molecule has 0 spiro atoms. The summed E-state index contributed by atoms with van der Waals surface area (Å²) in [5.41, 5.74) is 2.84. The molecule has 1 amide bonds. The quantitative estimate of drug-likeness (QED) is 0.359. The van der Waals surface area contributed by atoms with Gasteiger partial charge in [0.2, 0.25) is 0 Å². The largest absolute Gasteiger partial charge is 0.454 e. The van der Waals surface area contributed by atoms with E-state index in [1.54, 1.807) is 0 Å². The summed E-state index contributed by atoms with van der Waals surface area (Å²) in [6.45, 7) is 11.4. The smallest absolute Gasteiger partial charge is 0.336 e. The SMILES string of the molecule is CCN(CC)CCCNC(=O)c1nncc2oc3c(C)c4oc(=O)cc(C)c4cc3c12. The van der Waals surface area contributed by atoms with Crippen molar-refractivity contribution in [1.29, 1.82) is 0 Å². The van der Waals surface area contributed by atoms with Crippen LogP contribution in [-0.2, 0) is 0 Å². The van der Waals surface area contributed by atoms with E-state index in [1.807, 2.05) is 19.9 Å². The number of nitrogens with zero attached hydrogens (tertiary/aromatic N) is 3. The van der Waals surface area contributed by atoms with E-state index in [0.29, 0.717) is 34.2 Å². The maximum atomic E-state index is 12.9. The van der Waals surface area contributed by atoms with Crippen molar-refractivity contribution < 1.29 is 13.6 Å². The van der Waals surface area contributed by atoms with Crippen LogP contribution in [0.1, 0.15) is 41.9 Å². The lowest BCUT2D eigenvalue weighted by Gasteiger charge is -2.17. The molecule has 0 bridgehead atoms. The Morgan fingerprint density at radius 3 is 2.58 bits per heavy atom. The first-order valence-corrected chi connectivity index (χ1v) is 10.6. The van der Waals surface area contributed by atoms with Gasteiger partial charge in [0, 0.05) is 28.9 Å². The molecule has 162 valence electrons. The van der Waals surface area contributed by atoms with Crippen molar-refractivity contribution in [1.82, 2.24) is 20.4 Å². The number of nitrogens with one attached hydrogen (secondary N) is 1. The lowest BCUT2D eigenvalue weighted by molar-refractivity contribution is 0.0947. The maximum Gasteiger partial charge on any atom is 0.336 e. The van der Waals surface area contributed by atoms with Crippen LogP contribution in [0, 0.1) is 13.8 Å². The Bertz CT molecular complexity index is 1330. The molecular formula is C23H26N4O4. The highest BCUT2D eigenvalue weighted by molar-refractivity contribution is 6.17. The van der Waals surface area contributed by atoms with Crippen LogP contribution < -0.4 is 10.9 Å². The second-order valence-electron chi connectivity index (χ2n) is 7.67. The van der Waals surface area contributed by atoms with Crippen LogP contribution in [0.4, 0.5) is 0 Å². The predicted octanol–water partition coefficient (Wildman–Crippen LogP) is 3.56. The van der Waals surface area contributed by atoms with Crippen molar-refractivity contribution in [3.63, 3.8) is 0 Å². The number of rotatable bonds is 7. The number of hydrogen-bond donors (Lipinski definition) is 1. The number of aromatic nitrogens is 2. The summed E-state index contributed by atoms with van der Waals surface area (Å²) in [5, 5.41) is 13.2. The number of benzene rings is 1. The Labute approximate surface area is 179 Å². The second kappa shape index (κ2) is 8.47. The van der Waals surface area contributed by atoms with Crippen LogP contribution in [0.5, 0.6) is 0 Å². The molecule has 1 aromatic carbocycles. The summed E-state index contributed by atoms with van der Waals surface area (Å²) >= 11 is 0. The van der Waals surface area contributed by atoms with Gasteiger partial charge in [0.15, 0.2) is 11.3 Å². The number of fused-ring (bicyclic) bond motifs is 4. The Hall–Kier alpha value is -3.26. The van der Waals surface area contributed by atoms with Crippen molar-refractivity contribution in [3.8, 4) is 0 Å². The molecule has 0 aliphatic rings. The average molecular weight is 422 g/mol. The maximum absolute atomic E-state index is 12.9. The van der Waals surface area contributed by atoms with E-state index in [-0.39, 0.29) is 11.6 Å². The Kier molecular flexibility index (Phi) is 5.73. The van der Waals surface area contributed by atoms with E-state index < -0.39 is 5.63 Å². The van der Waals surface area contributed by atoms with Gasteiger partial charge in [0.1, 0.15) is 11.2 Å². The zero-order valence-electron chi connectivity index (χ0n) is 18.2. The number of hydrogen-bond acceptors (Lipinski definition) is 7. The molecule has 1 N–H and O–H groups in total. The summed E-state index contributed by atoms with van der Waals surface area (Å²) in [4.78, 5) is 27.1. The Morgan fingerprint density at radius 2 is 1.84 bits per heavy atom. The highest BCUT2D eigenvalue weighted by Gasteiger charge is 2.21. The molecule has 4 aromatic rings. The molecule has 0 aliphatic heterocycles. The van der Waals surface area contributed by atoms with Gasteiger partial charge in [0.25, 0.3) is 5.91 Å². The standard InChI is InChI=1S/C23H26N4O4/c1-5-27(6-2)9-7-8-24-23(29)20-19-16-11-15-13(3)10-18(28)31-21(15)14(4)22(16)30-17(19)12-25-26-20/h10-12H,5-9H2,1-4H3,(H,24,29). The van der Waals surface area contributed by atoms with Crippen LogP contribution in [0.3, 0.4) is 0 Å². The zero-order chi connectivity index (χ0) is 22.1. The van der Waals surface area contributed by atoms with Gasteiger partial charge < -0.3 is 19.1 Å². The van der Waals surface area contributed by atoms with E-state index in [1.165, 1.54) is 12.3 Å². The van der Waals surface area contributed by atoms with Gasteiger partial charge in [0.05, 0.1) is 11.6 Å². The molecule has 8 nitrogen and oxygen atoms in total. The monoisotopic (exact) mass is 422 g/mol. The fourth-order valence-electron chi connectivity index (χ4n) is 4.01. The first kappa shape index (κ1) is 21.0. The molecule has 0 fully saturated rings. The molecule has 0 saturated carbocycles. The van der Waals surface area contributed by atoms with Crippen LogP contribution in [0.15, 0.2) is 32.0 Å². The fourth-order valence-corrected chi connectivity index (χ4v) is 4.01. The summed E-state index contributed by atoms with van der Waals surface area (Å²) in [5.74, 6) is -0.283. The summed E-state index contributed by atoms with van der Waals surface area (Å²) in [6.07, 6.45) is 2.35. The van der Waals surface area contributed by atoms with Gasteiger partial charge in [-0.05, 0) is 51.5 Å². The second-order valence-corrected chi connectivity index (χ2v) is 7.67. The molecule has 4 rings (SSSR count). The molecule has 3 heterocycles. The molecular weight excluding hydrogens is 396 g/mol. The van der Waals surface area contributed by atoms with Crippen LogP contribution >= 0.6 is 0 Å². The molecule has 3 aromatic heterocycles. The molecule has 0 radical (unpaired) electrons. The summed E-state index contributed by atoms with van der Waals surface area (Å²) in [6, 6.07) is 3.35. The number of carbonyl (C=O) groups excluding carboxylic acids is 1. The number of amides is 1. The summed E-state index contributed by atoms with van der Waals surface area (Å²) < 4.78 is 11.4. The number of carbonyl (C=O) groups is 1. The third-order valence-corrected chi connectivity index (χ3v) is 5.76. The van der Waals surface area contributed by atoms with Crippen LogP contribution in [-0.4, -0.2) is 47.2 Å². The Balaban J connectivity index is 1.74. The number of furan rings is 1. The van der Waals surface area contributed by atoms with Crippen molar-refractivity contribution in [2.75, 3.05) is 26.2 Å². The van der Waals surface area contributed by atoms with Crippen LogP contribution in [0.25, 0.3) is 32.9 Å². The first-order valence-electron chi connectivity index (χ1n) is 10.6. The summed E-state index contributed by atoms with van der Waals surface area (Å²) in [7, 11) is 0. The molecule has 0 saturated heterocycles. The third-order valence-electron chi connectivity index (χ3n) is 5.76. The molecule has 0 aliphatic carbocycles. The average Bonchev–Trinajstić information content (AvgIpc) is 3.14. The minimum Gasteiger partial charge on any atom is -0.454 e. The predicted molar refractivity (Wildman–Crippen MR) is 120 cm³/mol. The van der Waals surface area contributed by atoms with Gasteiger partial charge in [-0.25, -0.2) is 4.79 Å². The minimum absolute atomic E-state index is 0.230.